The van der Waals surface area contributed by atoms with Gasteiger partial charge in [-0.05, 0) is 47.8 Å². The van der Waals surface area contributed by atoms with E-state index in [9.17, 15) is 0 Å². The van der Waals surface area contributed by atoms with Gasteiger partial charge < -0.3 is 14.8 Å². The summed E-state index contributed by atoms with van der Waals surface area (Å²) in [6.07, 6.45) is 5.65. The third kappa shape index (κ3) is 3.35. The number of imidazole rings is 1. The first kappa shape index (κ1) is 14.5. The molecule has 2 aromatic rings. The Hall–Kier alpha value is -0.910. The maximum Gasteiger partial charge on any atom is 0.136 e. The van der Waals surface area contributed by atoms with Crippen molar-refractivity contribution >= 4 is 21.6 Å². The van der Waals surface area contributed by atoms with E-state index in [1.807, 2.05) is 24.5 Å². The smallest absolute Gasteiger partial charge is 0.136 e. The van der Waals surface area contributed by atoms with Crippen LogP contribution < -0.4 is 5.32 Å². The second-order valence-corrected chi connectivity index (χ2v) is 5.98. The summed E-state index contributed by atoms with van der Waals surface area (Å²) in [5.74, 6) is 0. The molecule has 1 unspecified atom stereocenters. The van der Waals surface area contributed by atoms with Crippen molar-refractivity contribution in [2.45, 2.75) is 38.8 Å². The first-order valence-electron chi connectivity index (χ1n) is 6.55. The topological polar surface area (TPSA) is 49.6 Å². The molecule has 0 bridgehead atoms. The van der Waals surface area contributed by atoms with Crippen LogP contribution in [-0.2, 0) is 6.54 Å². The van der Waals surface area contributed by atoms with Crippen molar-refractivity contribution in [2.75, 3.05) is 6.61 Å². The Morgan fingerprint density at radius 2 is 2.26 bits per heavy atom. The molecule has 19 heavy (non-hydrogen) atoms. The molecule has 4 nitrogen and oxygen atoms in total. The summed E-state index contributed by atoms with van der Waals surface area (Å²) in [6.45, 7) is 5.22. The number of aromatic nitrogens is 2. The van der Waals surface area contributed by atoms with E-state index in [0.717, 1.165) is 35.2 Å². The molecule has 0 amide bonds. The number of rotatable bonds is 6. The first-order chi connectivity index (χ1) is 9.08. The zero-order chi connectivity index (χ0) is 13.9. The monoisotopic (exact) mass is 325 g/mol. The summed E-state index contributed by atoms with van der Waals surface area (Å²) in [5.41, 5.74) is 2.03. The van der Waals surface area contributed by atoms with Crippen molar-refractivity contribution in [2.24, 2.45) is 0 Å². The Morgan fingerprint density at radius 3 is 2.95 bits per heavy atom. The van der Waals surface area contributed by atoms with Crippen LogP contribution in [0.2, 0.25) is 0 Å². The van der Waals surface area contributed by atoms with Gasteiger partial charge in [0, 0.05) is 29.4 Å². The van der Waals surface area contributed by atoms with Gasteiger partial charge in [-0.15, -0.1) is 0 Å². The Bertz CT molecular complexity index is 555. The van der Waals surface area contributed by atoms with Gasteiger partial charge in [0.25, 0.3) is 0 Å². The Morgan fingerprint density at radius 1 is 1.47 bits per heavy atom. The van der Waals surface area contributed by atoms with E-state index in [0.29, 0.717) is 0 Å². The number of fused-ring (bicyclic) bond motifs is 1. The van der Waals surface area contributed by atoms with E-state index >= 15 is 0 Å². The molecule has 0 aliphatic rings. The molecule has 5 heteroatoms. The molecule has 2 heterocycles. The number of aliphatic hydroxyl groups is 1. The largest absolute Gasteiger partial charge is 0.396 e. The summed E-state index contributed by atoms with van der Waals surface area (Å²) in [4.78, 5) is 4.39. The molecule has 2 rings (SSSR count). The first-order valence-corrected chi connectivity index (χ1v) is 7.34. The normalized spacial score (nSPS) is 14.7. The second-order valence-electron chi connectivity index (χ2n) is 5.07. The number of nitrogens with zero attached hydrogens (tertiary/aromatic N) is 2. The van der Waals surface area contributed by atoms with Gasteiger partial charge in [0.1, 0.15) is 5.65 Å². The fourth-order valence-electron chi connectivity index (χ4n) is 2.08. The van der Waals surface area contributed by atoms with Crippen LogP contribution in [0.3, 0.4) is 0 Å². The molecule has 0 radical (unpaired) electrons. The van der Waals surface area contributed by atoms with Gasteiger partial charge in [-0.2, -0.15) is 0 Å². The summed E-state index contributed by atoms with van der Waals surface area (Å²) >= 11 is 3.48. The zero-order valence-electron chi connectivity index (χ0n) is 11.4. The van der Waals surface area contributed by atoms with Crippen molar-refractivity contribution in [3.05, 3.63) is 34.7 Å². The SMILES string of the molecule is CCC(C)(CCO)NCc1cnc2ccc(Br)cn12. The number of hydrogen-bond donors (Lipinski definition) is 2. The lowest BCUT2D eigenvalue weighted by Crippen LogP contribution is -2.42. The molecular formula is C14H20BrN3O. The zero-order valence-corrected chi connectivity index (χ0v) is 12.9. The highest BCUT2D eigenvalue weighted by atomic mass is 79.9. The Kier molecular flexibility index (Phi) is 4.60. The van der Waals surface area contributed by atoms with E-state index in [1.165, 1.54) is 0 Å². The van der Waals surface area contributed by atoms with Gasteiger partial charge in [-0.3, -0.25) is 0 Å². The Labute approximate surface area is 122 Å². The van der Waals surface area contributed by atoms with Gasteiger partial charge in [0.05, 0.1) is 11.9 Å². The lowest BCUT2D eigenvalue weighted by Gasteiger charge is -2.29. The van der Waals surface area contributed by atoms with Gasteiger partial charge in [-0.1, -0.05) is 6.92 Å². The third-order valence-electron chi connectivity index (χ3n) is 3.69. The second kappa shape index (κ2) is 6.03. The van der Waals surface area contributed by atoms with Crippen molar-refractivity contribution < 1.29 is 5.11 Å². The minimum Gasteiger partial charge on any atom is -0.396 e. The predicted molar refractivity (Wildman–Crippen MR) is 80.1 cm³/mol. The summed E-state index contributed by atoms with van der Waals surface area (Å²) in [6, 6.07) is 3.97. The number of nitrogens with one attached hydrogen (secondary N) is 1. The van der Waals surface area contributed by atoms with E-state index < -0.39 is 0 Å². The van der Waals surface area contributed by atoms with Crippen LogP contribution in [-0.4, -0.2) is 26.6 Å². The molecule has 1 atom stereocenters. The van der Waals surface area contributed by atoms with E-state index in [2.05, 4.69) is 44.5 Å². The number of hydrogen-bond acceptors (Lipinski definition) is 3. The van der Waals surface area contributed by atoms with Gasteiger partial charge in [-0.25, -0.2) is 4.98 Å². The van der Waals surface area contributed by atoms with Crippen LogP contribution in [0.25, 0.3) is 5.65 Å². The van der Waals surface area contributed by atoms with E-state index in [-0.39, 0.29) is 12.1 Å². The molecule has 0 saturated heterocycles. The maximum absolute atomic E-state index is 9.13. The summed E-state index contributed by atoms with van der Waals surface area (Å²) in [7, 11) is 0. The highest BCUT2D eigenvalue weighted by Gasteiger charge is 2.20. The van der Waals surface area contributed by atoms with E-state index in [4.69, 9.17) is 5.11 Å². The average molecular weight is 326 g/mol. The van der Waals surface area contributed by atoms with Crippen LogP contribution in [0.4, 0.5) is 0 Å². The maximum atomic E-state index is 9.13. The highest BCUT2D eigenvalue weighted by Crippen LogP contribution is 2.17. The van der Waals surface area contributed by atoms with Gasteiger partial charge >= 0.3 is 0 Å². The molecule has 0 aliphatic carbocycles. The van der Waals surface area contributed by atoms with E-state index in [1.54, 1.807) is 0 Å². The summed E-state index contributed by atoms with van der Waals surface area (Å²) < 4.78 is 3.11. The van der Waals surface area contributed by atoms with Crippen LogP contribution in [0.1, 0.15) is 32.4 Å². The van der Waals surface area contributed by atoms with Crippen molar-refractivity contribution in [1.29, 1.82) is 0 Å². The quantitative estimate of drug-likeness (QED) is 0.858. The number of pyridine rings is 1. The predicted octanol–water partition coefficient (Wildman–Crippen LogP) is 2.74. The van der Waals surface area contributed by atoms with Crippen LogP contribution in [0, 0.1) is 0 Å². The van der Waals surface area contributed by atoms with Crippen LogP contribution in [0.15, 0.2) is 29.0 Å². The van der Waals surface area contributed by atoms with Crippen molar-refractivity contribution in [1.82, 2.24) is 14.7 Å². The molecule has 0 aliphatic heterocycles. The average Bonchev–Trinajstić information content (AvgIpc) is 2.79. The highest BCUT2D eigenvalue weighted by molar-refractivity contribution is 9.10. The number of halogens is 1. The molecule has 0 aromatic carbocycles. The molecule has 0 fully saturated rings. The molecule has 2 N–H and O–H groups in total. The lowest BCUT2D eigenvalue weighted by molar-refractivity contribution is 0.214. The molecule has 0 saturated carbocycles. The Balaban J connectivity index is 2.15. The summed E-state index contributed by atoms with van der Waals surface area (Å²) in [5, 5.41) is 12.7. The molecule has 2 aromatic heterocycles. The third-order valence-corrected chi connectivity index (χ3v) is 4.16. The van der Waals surface area contributed by atoms with Gasteiger partial charge in [0.2, 0.25) is 0 Å². The van der Waals surface area contributed by atoms with Crippen LogP contribution in [0.5, 0.6) is 0 Å². The van der Waals surface area contributed by atoms with Gasteiger partial charge in [0.15, 0.2) is 0 Å². The number of aliphatic hydroxyl groups excluding tert-OH is 1. The van der Waals surface area contributed by atoms with Crippen molar-refractivity contribution in [3.63, 3.8) is 0 Å². The lowest BCUT2D eigenvalue weighted by atomic mass is 9.95. The van der Waals surface area contributed by atoms with Crippen molar-refractivity contribution in [3.8, 4) is 0 Å². The fourth-order valence-corrected chi connectivity index (χ4v) is 2.41. The fraction of sp³-hybridized carbons (Fsp3) is 0.500. The molecular weight excluding hydrogens is 306 g/mol. The minimum absolute atomic E-state index is 0.0368. The van der Waals surface area contributed by atoms with Crippen LogP contribution >= 0.6 is 15.9 Å². The standard InChI is InChI=1S/C14H20BrN3O/c1-3-14(2,6-7-19)17-9-12-8-16-13-5-4-11(15)10-18(12)13/h4-5,8,10,17,19H,3,6-7,9H2,1-2H3. The molecule has 104 valence electrons. The minimum atomic E-state index is -0.0368. The molecule has 0 spiro atoms.